The maximum absolute atomic E-state index is 12.1. The van der Waals surface area contributed by atoms with Crippen LogP contribution in [0, 0.1) is 4.91 Å². The molecule has 3 nitrogen and oxygen atoms in total. The first-order chi connectivity index (χ1) is 6.45. The lowest BCUT2D eigenvalue weighted by molar-refractivity contribution is -0.137. The third-order valence-electron chi connectivity index (χ3n) is 1.69. The molecule has 0 aromatic heterocycles. The van der Waals surface area contributed by atoms with Gasteiger partial charge in [0.15, 0.2) is 6.17 Å². The van der Waals surface area contributed by atoms with Gasteiger partial charge in [0.2, 0.25) is 0 Å². The predicted octanol–water partition coefficient (Wildman–Crippen LogP) is 2.43. The molecule has 1 aromatic carbocycles. The summed E-state index contributed by atoms with van der Waals surface area (Å²) < 4.78 is 36.3. The Morgan fingerprint density at radius 1 is 1.21 bits per heavy atom. The van der Waals surface area contributed by atoms with Gasteiger partial charge in [-0.25, -0.2) is 0 Å². The minimum Gasteiger partial charge on any atom is -0.303 e. The summed E-state index contributed by atoms with van der Waals surface area (Å²) in [6, 6.07) is 3.99. The summed E-state index contributed by atoms with van der Waals surface area (Å²) in [6.45, 7) is 0. The molecular weight excluding hydrogens is 197 g/mol. The highest BCUT2D eigenvalue weighted by atomic mass is 19.4. The standard InChI is InChI=1S/C8H7F3N2O/c9-8(10,11)6-3-1-5(2-4-6)7(12)13-14/h1-4,7H,12H2/t7-/m1/s1. The van der Waals surface area contributed by atoms with Crippen molar-refractivity contribution in [1.29, 1.82) is 0 Å². The Kier molecular flexibility index (Phi) is 2.85. The predicted molar refractivity (Wildman–Crippen MR) is 44.2 cm³/mol. The molecule has 0 amide bonds. The van der Waals surface area contributed by atoms with Crippen molar-refractivity contribution in [3.8, 4) is 0 Å². The number of nitrogens with two attached hydrogens (primary N) is 1. The van der Waals surface area contributed by atoms with Gasteiger partial charge in [0.25, 0.3) is 0 Å². The molecule has 1 atom stereocenters. The van der Waals surface area contributed by atoms with Crippen LogP contribution in [0.3, 0.4) is 0 Å². The molecule has 0 bridgehead atoms. The molecule has 0 radical (unpaired) electrons. The lowest BCUT2D eigenvalue weighted by atomic mass is 10.1. The van der Waals surface area contributed by atoms with Gasteiger partial charge in [-0.15, -0.1) is 4.91 Å². The van der Waals surface area contributed by atoms with E-state index in [-0.39, 0.29) is 5.56 Å². The second-order valence-corrected chi connectivity index (χ2v) is 2.67. The van der Waals surface area contributed by atoms with Crippen LogP contribution in [0.15, 0.2) is 29.4 Å². The third-order valence-corrected chi connectivity index (χ3v) is 1.69. The minimum absolute atomic E-state index is 0.257. The van der Waals surface area contributed by atoms with Gasteiger partial charge in [0.1, 0.15) is 0 Å². The molecule has 0 aliphatic rings. The van der Waals surface area contributed by atoms with Gasteiger partial charge >= 0.3 is 6.18 Å². The van der Waals surface area contributed by atoms with E-state index >= 15 is 0 Å². The van der Waals surface area contributed by atoms with Gasteiger partial charge in [-0.3, -0.25) is 0 Å². The van der Waals surface area contributed by atoms with E-state index in [0.29, 0.717) is 0 Å². The lowest BCUT2D eigenvalue weighted by Gasteiger charge is -2.08. The monoisotopic (exact) mass is 204 g/mol. The fraction of sp³-hybridized carbons (Fsp3) is 0.250. The first kappa shape index (κ1) is 10.6. The molecule has 2 N–H and O–H groups in total. The number of nitrogens with zero attached hydrogens (tertiary/aromatic N) is 1. The Labute approximate surface area is 77.7 Å². The third kappa shape index (κ3) is 2.29. The van der Waals surface area contributed by atoms with Crippen molar-refractivity contribution in [3.05, 3.63) is 40.3 Å². The van der Waals surface area contributed by atoms with E-state index in [1.165, 1.54) is 0 Å². The first-order valence-electron chi connectivity index (χ1n) is 3.70. The Morgan fingerprint density at radius 2 is 1.71 bits per heavy atom. The fourth-order valence-electron chi connectivity index (χ4n) is 0.930. The van der Waals surface area contributed by atoms with Crippen molar-refractivity contribution in [2.24, 2.45) is 10.9 Å². The van der Waals surface area contributed by atoms with Crippen molar-refractivity contribution in [2.45, 2.75) is 12.3 Å². The van der Waals surface area contributed by atoms with E-state index in [2.05, 4.69) is 5.18 Å². The first-order valence-corrected chi connectivity index (χ1v) is 3.70. The Hall–Kier alpha value is -1.43. The van der Waals surface area contributed by atoms with E-state index in [4.69, 9.17) is 5.73 Å². The number of hydrogen-bond donors (Lipinski definition) is 1. The van der Waals surface area contributed by atoms with Crippen LogP contribution in [0.1, 0.15) is 17.3 Å². The summed E-state index contributed by atoms with van der Waals surface area (Å²) in [4.78, 5) is 9.99. The summed E-state index contributed by atoms with van der Waals surface area (Å²) >= 11 is 0. The van der Waals surface area contributed by atoms with Crippen molar-refractivity contribution >= 4 is 0 Å². The Balaban J connectivity index is 2.95. The van der Waals surface area contributed by atoms with E-state index in [1.807, 2.05) is 0 Å². The summed E-state index contributed by atoms with van der Waals surface area (Å²) in [7, 11) is 0. The summed E-state index contributed by atoms with van der Waals surface area (Å²) in [5.41, 5.74) is 4.67. The fourth-order valence-corrected chi connectivity index (χ4v) is 0.930. The van der Waals surface area contributed by atoms with Crippen LogP contribution >= 0.6 is 0 Å². The van der Waals surface area contributed by atoms with Crippen molar-refractivity contribution in [2.75, 3.05) is 0 Å². The molecule has 0 aliphatic carbocycles. The van der Waals surface area contributed by atoms with Crippen molar-refractivity contribution in [3.63, 3.8) is 0 Å². The Morgan fingerprint density at radius 3 is 2.07 bits per heavy atom. The molecule has 14 heavy (non-hydrogen) atoms. The van der Waals surface area contributed by atoms with Gasteiger partial charge in [0, 0.05) is 0 Å². The number of hydrogen-bond acceptors (Lipinski definition) is 3. The van der Waals surface area contributed by atoms with Crippen LogP contribution < -0.4 is 5.73 Å². The molecular formula is C8H7F3N2O. The molecule has 0 saturated heterocycles. The summed E-state index contributed by atoms with van der Waals surface area (Å²) in [5, 5.41) is 2.50. The van der Waals surface area contributed by atoms with E-state index in [1.54, 1.807) is 0 Å². The highest BCUT2D eigenvalue weighted by molar-refractivity contribution is 5.26. The molecule has 0 heterocycles. The van der Waals surface area contributed by atoms with Gasteiger partial charge in [-0.2, -0.15) is 13.2 Å². The molecule has 6 heteroatoms. The molecule has 0 fully saturated rings. The molecule has 0 aliphatic heterocycles. The van der Waals surface area contributed by atoms with Gasteiger partial charge in [0.05, 0.1) is 5.56 Å². The average Bonchev–Trinajstić information content (AvgIpc) is 2.15. The number of halogens is 3. The van der Waals surface area contributed by atoms with Gasteiger partial charge < -0.3 is 5.73 Å². The highest BCUT2D eigenvalue weighted by Gasteiger charge is 2.30. The molecule has 76 valence electrons. The SMILES string of the molecule is N[C@H](N=O)c1ccc(C(F)(F)F)cc1. The van der Waals surface area contributed by atoms with E-state index < -0.39 is 17.9 Å². The van der Waals surface area contributed by atoms with Crippen molar-refractivity contribution in [1.82, 2.24) is 0 Å². The van der Waals surface area contributed by atoms with Crippen LogP contribution in [0.2, 0.25) is 0 Å². The maximum atomic E-state index is 12.1. The molecule has 1 rings (SSSR count). The lowest BCUT2D eigenvalue weighted by Crippen LogP contribution is -2.08. The zero-order valence-electron chi connectivity index (χ0n) is 6.95. The van der Waals surface area contributed by atoms with Crippen LogP contribution in [-0.4, -0.2) is 0 Å². The molecule has 0 spiro atoms. The topological polar surface area (TPSA) is 55.4 Å². The maximum Gasteiger partial charge on any atom is 0.416 e. The second kappa shape index (κ2) is 3.75. The second-order valence-electron chi connectivity index (χ2n) is 2.67. The number of rotatable bonds is 2. The smallest absolute Gasteiger partial charge is 0.303 e. The quantitative estimate of drug-likeness (QED) is 0.752. The zero-order valence-corrected chi connectivity index (χ0v) is 6.95. The number of benzene rings is 1. The van der Waals surface area contributed by atoms with E-state index in [9.17, 15) is 18.1 Å². The molecule has 1 aromatic rings. The van der Waals surface area contributed by atoms with Gasteiger partial charge in [-0.1, -0.05) is 12.1 Å². The van der Waals surface area contributed by atoms with Crippen LogP contribution in [0.5, 0.6) is 0 Å². The largest absolute Gasteiger partial charge is 0.416 e. The normalized spacial score (nSPS) is 13.7. The van der Waals surface area contributed by atoms with Crippen molar-refractivity contribution < 1.29 is 13.2 Å². The van der Waals surface area contributed by atoms with Crippen LogP contribution in [-0.2, 0) is 6.18 Å². The minimum atomic E-state index is -4.38. The number of alkyl halides is 3. The Bertz CT molecular complexity index is 320. The van der Waals surface area contributed by atoms with Crippen LogP contribution in [0.25, 0.3) is 0 Å². The van der Waals surface area contributed by atoms with E-state index in [0.717, 1.165) is 24.3 Å². The molecule has 0 saturated carbocycles. The summed E-state index contributed by atoms with van der Waals surface area (Å²) in [5.74, 6) is 0. The molecule has 0 unspecified atom stereocenters. The summed E-state index contributed by atoms with van der Waals surface area (Å²) in [6.07, 6.45) is -5.49. The van der Waals surface area contributed by atoms with Gasteiger partial charge in [-0.05, 0) is 22.9 Å². The number of nitroso groups, excluding NO2 is 1. The zero-order chi connectivity index (χ0) is 10.8. The van der Waals surface area contributed by atoms with Crippen LogP contribution in [0.4, 0.5) is 13.2 Å². The highest BCUT2D eigenvalue weighted by Crippen LogP contribution is 2.29. The average molecular weight is 204 g/mol.